The molecule has 146 valence electrons. The van der Waals surface area contributed by atoms with Gasteiger partial charge in [-0.2, -0.15) is 4.98 Å². The monoisotopic (exact) mass is 381 g/mol. The first-order valence-electron chi connectivity index (χ1n) is 9.29. The van der Waals surface area contributed by atoms with Crippen LogP contribution in [-0.2, 0) is 20.6 Å². The number of aliphatic hydroxyl groups is 1. The third kappa shape index (κ3) is 2.68. The predicted octanol–water partition coefficient (Wildman–Crippen LogP) is 1.43. The minimum absolute atomic E-state index is 0.128. The summed E-state index contributed by atoms with van der Waals surface area (Å²) in [4.78, 5) is 29.7. The molecule has 0 unspecified atom stereocenters. The van der Waals surface area contributed by atoms with E-state index in [0.717, 1.165) is 22.2 Å². The van der Waals surface area contributed by atoms with Crippen LogP contribution in [0.5, 0.6) is 0 Å². The van der Waals surface area contributed by atoms with E-state index < -0.39 is 5.69 Å². The molecule has 1 aromatic carbocycles. The zero-order valence-corrected chi connectivity index (χ0v) is 16.2. The molecule has 0 fully saturated rings. The van der Waals surface area contributed by atoms with Crippen LogP contribution in [0.15, 0.2) is 40.1 Å². The van der Waals surface area contributed by atoms with Crippen LogP contribution >= 0.6 is 0 Å². The van der Waals surface area contributed by atoms with Gasteiger partial charge in [0, 0.05) is 33.4 Å². The van der Waals surface area contributed by atoms with Crippen molar-refractivity contribution in [2.45, 2.75) is 26.3 Å². The highest BCUT2D eigenvalue weighted by Crippen LogP contribution is 2.26. The maximum Gasteiger partial charge on any atom is 0.332 e. The van der Waals surface area contributed by atoms with Gasteiger partial charge in [0.1, 0.15) is 0 Å². The molecular formula is C20H23N5O3. The molecule has 0 saturated heterocycles. The summed E-state index contributed by atoms with van der Waals surface area (Å²) in [5, 5.41) is 9.16. The molecule has 0 amide bonds. The number of aromatic nitrogens is 5. The maximum atomic E-state index is 12.8. The molecule has 4 rings (SSSR count). The molecule has 3 aromatic heterocycles. The number of hydrogen-bond donors (Lipinski definition) is 1. The summed E-state index contributed by atoms with van der Waals surface area (Å²) in [5.74, 6) is 0.613. The number of imidazole rings is 2. The molecule has 28 heavy (non-hydrogen) atoms. The number of rotatable bonds is 5. The Morgan fingerprint density at radius 1 is 1.04 bits per heavy atom. The van der Waals surface area contributed by atoms with Crippen LogP contribution in [0.3, 0.4) is 0 Å². The number of hydrogen-bond acceptors (Lipinski definition) is 4. The Hall–Kier alpha value is -3.13. The summed E-state index contributed by atoms with van der Waals surface area (Å²) >= 11 is 0. The van der Waals surface area contributed by atoms with Crippen molar-refractivity contribution >= 4 is 16.9 Å². The van der Waals surface area contributed by atoms with E-state index in [-0.39, 0.29) is 12.2 Å². The molecule has 0 saturated carbocycles. The van der Waals surface area contributed by atoms with Gasteiger partial charge in [0.25, 0.3) is 5.56 Å². The van der Waals surface area contributed by atoms with Gasteiger partial charge in [-0.15, -0.1) is 0 Å². The smallest absolute Gasteiger partial charge is 0.332 e. The zero-order chi connectivity index (χ0) is 20.0. The van der Waals surface area contributed by atoms with Gasteiger partial charge in [0.15, 0.2) is 11.2 Å². The summed E-state index contributed by atoms with van der Waals surface area (Å²) < 4.78 is 6.31. The quantitative estimate of drug-likeness (QED) is 0.530. The lowest BCUT2D eigenvalue weighted by Crippen LogP contribution is -2.37. The van der Waals surface area contributed by atoms with E-state index in [1.54, 1.807) is 11.4 Å². The van der Waals surface area contributed by atoms with Crippen molar-refractivity contribution in [1.29, 1.82) is 0 Å². The Balaban J connectivity index is 2.04. The maximum absolute atomic E-state index is 12.8. The number of benzene rings is 1. The van der Waals surface area contributed by atoms with Crippen molar-refractivity contribution in [3.63, 3.8) is 0 Å². The molecule has 0 bridgehead atoms. The summed E-state index contributed by atoms with van der Waals surface area (Å²) in [5.41, 5.74) is 3.12. The highest BCUT2D eigenvalue weighted by atomic mass is 16.3. The van der Waals surface area contributed by atoms with Crippen LogP contribution in [0, 0.1) is 6.92 Å². The number of aliphatic hydroxyl groups excluding tert-OH is 1. The number of aryl methyl sites for hydroxylation is 3. The average molecular weight is 381 g/mol. The van der Waals surface area contributed by atoms with Crippen LogP contribution in [0.2, 0.25) is 0 Å². The van der Waals surface area contributed by atoms with Crippen molar-refractivity contribution in [3.8, 4) is 11.3 Å². The molecule has 8 nitrogen and oxygen atoms in total. The van der Waals surface area contributed by atoms with Crippen molar-refractivity contribution in [3.05, 3.63) is 56.9 Å². The normalized spacial score (nSPS) is 11.7. The fraction of sp³-hybridized carbons (Fsp3) is 0.350. The summed E-state index contributed by atoms with van der Waals surface area (Å²) in [6.07, 6.45) is 3.36. The van der Waals surface area contributed by atoms with E-state index >= 15 is 0 Å². The summed E-state index contributed by atoms with van der Waals surface area (Å²) in [6, 6.07) is 8.18. The zero-order valence-electron chi connectivity index (χ0n) is 16.2. The van der Waals surface area contributed by atoms with Crippen molar-refractivity contribution in [2.24, 2.45) is 14.1 Å². The Labute approximate surface area is 160 Å². The number of fused-ring (bicyclic) bond motifs is 3. The van der Waals surface area contributed by atoms with Crippen LogP contribution in [0.1, 0.15) is 18.4 Å². The van der Waals surface area contributed by atoms with Crippen molar-refractivity contribution < 1.29 is 5.11 Å². The van der Waals surface area contributed by atoms with Gasteiger partial charge in [-0.25, -0.2) is 4.79 Å². The van der Waals surface area contributed by atoms with Gasteiger partial charge in [0.2, 0.25) is 5.78 Å². The van der Waals surface area contributed by atoms with E-state index in [9.17, 15) is 9.59 Å². The number of unbranched alkanes of at least 4 members (excludes halogenated alkanes) is 1. The van der Waals surface area contributed by atoms with Gasteiger partial charge in [0.05, 0.1) is 5.69 Å². The van der Waals surface area contributed by atoms with Crippen molar-refractivity contribution in [1.82, 2.24) is 23.1 Å². The van der Waals surface area contributed by atoms with E-state index in [0.29, 0.717) is 29.9 Å². The Morgan fingerprint density at radius 3 is 2.43 bits per heavy atom. The van der Waals surface area contributed by atoms with Gasteiger partial charge in [-0.3, -0.25) is 18.3 Å². The van der Waals surface area contributed by atoms with Gasteiger partial charge >= 0.3 is 5.69 Å². The van der Waals surface area contributed by atoms with Crippen LogP contribution in [0.4, 0.5) is 0 Å². The molecule has 4 aromatic rings. The van der Waals surface area contributed by atoms with Crippen LogP contribution < -0.4 is 11.2 Å². The topological polar surface area (TPSA) is 86.5 Å². The minimum Gasteiger partial charge on any atom is -0.396 e. The summed E-state index contributed by atoms with van der Waals surface area (Å²) in [6.45, 7) is 2.81. The highest BCUT2D eigenvalue weighted by molar-refractivity contribution is 5.78. The second kappa shape index (κ2) is 6.79. The minimum atomic E-state index is -0.399. The largest absolute Gasteiger partial charge is 0.396 e. The van der Waals surface area contributed by atoms with Gasteiger partial charge in [-0.05, 0) is 25.3 Å². The molecule has 3 heterocycles. The lowest BCUT2D eigenvalue weighted by Gasteiger charge is -2.09. The summed E-state index contributed by atoms with van der Waals surface area (Å²) in [7, 11) is 3.09. The molecule has 0 aliphatic carbocycles. The van der Waals surface area contributed by atoms with E-state index in [1.807, 2.05) is 42.0 Å². The lowest BCUT2D eigenvalue weighted by atomic mass is 10.1. The molecule has 0 atom stereocenters. The fourth-order valence-electron chi connectivity index (χ4n) is 3.57. The van der Waals surface area contributed by atoms with Gasteiger partial charge in [-0.1, -0.05) is 29.8 Å². The first-order chi connectivity index (χ1) is 13.4. The highest BCUT2D eigenvalue weighted by Gasteiger charge is 2.20. The molecule has 8 heteroatoms. The average Bonchev–Trinajstić information content (AvgIpc) is 3.22. The molecule has 0 aliphatic heterocycles. The second-order valence-corrected chi connectivity index (χ2v) is 7.12. The standard InChI is InChI=1S/C20H23N5O3/c1-13-6-8-14(9-7-13)15-12-25-16-17(22(2)20(28)23(3)18(16)27)21-19(25)24(15)10-4-5-11-26/h6-9,12,26H,4-5,10-11H2,1-3H3. The Morgan fingerprint density at radius 2 is 1.75 bits per heavy atom. The number of nitrogens with zero attached hydrogens (tertiary/aromatic N) is 5. The van der Waals surface area contributed by atoms with E-state index in [2.05, 4.69) is 4.98 Å². The first kappa shape index (κ1) is 18.2. The Kier molecular flexibility index (Phi) is 4.43. The second-order valence-electron chi connectivity index (χ2n) is 7.12. The lowest BCUT2D eigenvalue weighted by molar-refractivity contribution is 0.281. The van der Waals surface area contributed by atoms with Gasteiger partial charge < -0.3 is 9.67 Å². The van der Waals surface area contributed by atoms with E-state index in [1.165, 1.54) is 17.2 Å². The van der Waals surface area contributed by atoms with Crippen molar-refractivity contribution in [2.75, 3.05) is 6.61 Å². The predicted molar refractivity (Wildman–Crippen MR) is 108 cm³/mol. The Bertz CT molecular complexity index is 1290. The first-order valence-corrected chi connectivity index (χ1v) is 9.29. The molecule has 0 spiro atoms. The molecular weight excluding hydrogens is 358 g/mol. The third-order valence-electron chi connectivity index (χ3n) is 5.19. The third-order valence-corrected chi connectivity index (χ3v) is 5.19. The molecule has 0 aliphatic rings. The van der Waals surface area contributed by atoms with Crippen LogP contribution in [-0.4, -0.2) is 34.8 Å². The molecule has 1 N–H and O–H groups in total. The van der Waals surface area contributed by atoms with E-state index in [4.69, 9.17) is 5.11 Å². The molecule has 0 radical (unpaired) electrons. The SMILES string of the molecule is Cc1ccc(-c2cn3c4c(=O)n(C)c(=O)n(C)c4nc3n2CCCCO)cc1. The fourth-order valence-corrected chi connectivity index (χ4v) is 3.57. The van der Waals surface area contributed by atoms with Crippen LogP contribution in [0.25, 0.3) is 28.2 Å².